The van der Waals surface area contributed by atoms with Crippen molar-refractivity contribution >= 4 is 5.91 Å². The Balaban J connectivity index is 1.92. The highest BCUT2D eigenvalue weighted by Gasteiger charge is 2.25. The average molecular weight is 263 g/mol. The van der Waals surface area contributed by atoms with Gasteiger partial charge in [0.05, 0.1) is 19.3 Å². The summed E-state index contributed by atoms with van der Waals surface area (Å²) in [7, 11) is 0. The summed E-state index contributed by atoms with van der Waals surface area (Å²) in [5, 5.41) is 0. The maximum absolute atomic E-state index is 12.0. The lowest BCUT2D eigenvalue weighted by molar-refractivity contribution is -0.145. The third kappa shape index (κ3) is 4.04. The highest BCUT2D eigenvalue weighted by Crippen LogP contribution is 2.21. The molecule has 19 heavy (non-hydrogen) atoms. The number of benzene rings is 1. The molecule has 1 aliphatic rings. The molecule has 0 bridgehead atoms. The molecule has 1 saturated heterocycles. The number of carbonyl (C=O) groups is 1. The molecular formula is C15H21NO3. The molecule has 1 heterocycles. The number of nitrogens with zero attached hydrogens (tertiary/aromatic N) is 1. The van der Waals surface area contributed by atoms with Crippen LogP contribution in [0.1, 0.15) is 25.5 Å². The van der Waals surface area contributed by atoms with E-state index in [1.807, 2.05) is 49.1 Å². The molecule has 1 atom stereocenters. The maximum Gasteiger partial charge on any atom is 0.248 e. The van der Waals surface area contributed by atoms with Crippen LogP contribution < -0.4 is 0 Å². The maximum atomic E-state index is 12.0. The summed E-state index contributed by atoms with van der Waals surface area (Å²) < 4.78 is 11.1. The zero-order chi connectivity index (χ0) is 13.7. The van der Waals surface area contributed by atoms with Gasteiger partial charge in [-0.15, -0.1) is 0 Å². The average Bonchev–Trinajstić information content (AvgIpc) is 2.46. The van der Waals surface area contributed by atoms with Crippen LogP contribution >= 0.6 is 0 Å². The molecule has 1 fully saturated rings. The Labute approximate surface area is 114 Å². The summed E-state index contributed by atoms with van der Waals surface area (Å²) in [5.74, 6) is 0.0398. The molecule has 0 N–H and O–H groups in total. The molecule has 0 radical (unpaired) electrons. The number of hydrogen-bond donors (Lipinski definition) is 0. The molecular weight excluding hydrogens is 242 g/mol. The zero-order valence-electron chi connectivity index (χ0n) is 11.5. The van der Waals surface area contributed by atoms with E-state index in [4.69, 9.17) is 9.47 Å². The number of ether oxygens (including phenoxy) is 2. The van der Waals surface area contributed by atoms with Gasteiger partial charge in [-0.3, -0.25) is 4.79 Å². The van der Waals surface area contributed by atoms with E-state index < -0.39 is 0 Å². The molecule has 1 aromatic carbocycles. The largest absolute Gasteiger partial charge is 0.370 e. The predicted octanol–water partition coefficient (Wildman–Crippen LogP) is 2.01. The molecule has 0 aromatic heterocycles. The number of rotatable bonds is 4. The van der Waals surface area contributed by atoms with E-state index in [-0.39, 0.29) is 24.7 Å². The highest BCUT2D eigenvalue weighted by atomic mass is 16.5. The first kappa shape index (κ1) is 14.0. The Morgan fingerprint density at radius 1 is 1.42 bits per heavy atom. The van der Waals surface area contributed by atoms with Crippen LogP contribution in [0.15, 0.2) is 30.3 Å². The minimum Gasteiger partial charge on any atom is -0.370 e. The van der Waals surface area contributed by atoms with Gasteiger partial charge in [-0.05, 0) is 19.4 Å². The topological polar surface area (TPSA) is 38.8 Å². The summed E-state index contributed by atoms with van der Waals surface area (Å²) in [5.41, 5.74) is 1.12. The first-order chi connectivity index (χ1) is 9.16. The summed E-state index contributed by atoms with van der Waals surface area (Å²) >= 11 is 0. The van der Waals surface area contributed by atoms with Crippen molar-refractivity contribution in [1.82, 2.24) is 4.90 Å². The van der Waals surface area contributed by atoms with E-state index in [9.17, 15) is 4.79 Å². The summed E-state index contributed by atoms with van der Waals surface area (Å²) in [6, 6.07) is 10.0. The molecule has 0 aliphatic carbocycles. The van der Waals surface area contributed by atoms with Crippen LogP contribution in [0.3, 0.4) is 0 Å². The number of hydrogen-bond acceptors (Lipinski definition) is 3. The van der Waals surface area contributed by atoms with E-state index in [2.05, 4.69) is 0 Å². The second-order valence-electron chi connectivity index (χ2n) is 4.97. The number of carbonyl (C=O) groups excluding carboxylic acids is 1. The number of morpholine rings is 1. The second-order valence-corrected chi connectivity index (χ2v) is 4.97. The van der Waals surface area contributed by atoms with Crippen molar-refractivity contribution in [2.75, 3.05) is 26.3 Å². The fraction of sp³-hybridized carbons (Fsp3) is 0.533. The van der Waals surface area contributed by atoms with Gasteiger partial charge < -0.3 is 14.4 Å². The highest BCUT2D eigenvalue weighted by molar-refractivity contribution is 5.77. The van der Waals surface area contributed by atoms with Gasteiger partial charge in [0, 0.05) is 6.54 Å². The van der Waals surface area contributed by atoms with Crippen molar-refractivity contribution in [3.05, 3.63) is 35.9 Å². The molecule has 4 nitrogen and oxygen atoms in total. The van der Waals surface area contributed by atoms with Crippen molar-refractivity contribution in [2.24, 2.45) is 0 Å². The van der Waals surface area contributed by atoms with E-state index in [0.29, 0.717) is 19.7 Å². The van der Waals surface area contributed by atoms with Crippen molar-refractivity contribution in [3.8, 4) is 0 Å². The molecule has 0 spiro atoms. The SMILES string of the molecule is CC(C)OCC(=O)N1CCOC(c2ccccc2)C1. The van der Waals surface area contributed by atoms with Crippen LogP contribution in [0.5, 0.6) is 0 Å². The Morgan fingerprint density at radius 2 is 2.16 bits per heavy atom. The first-order valence-electron chi connectivity index (χ1n) is 6.72. The zero-order valence-corrected chi connectivity index (χ0v) is 11.5. The standard InChI is InChI=1S/C15H21NO3/c1-12(2)19-11-15(17)16-8-9-18-14(10-16)13-6-4-3-5-7-13/h3-7,12,14H,8-11H2,1-2H3. The quantitative estimate of drug-likeness (QED) is 0.834. The van der Waals surface area contributed by atoms with Gasteiger partial charge in [0.15, 0.2) is 0 Å². The van der Waals surface area contributed by atoms with Gasteiger partial charge >= 0.3 is 0 Å². The van der Waals surface area contributed by atoms with Crippen LogP contribution in [0, 0.1) is 0 Å². The third-order valence-electron chi connectivity index (χ3n) is 3.13. The predicted molar refractivity (Wildman–Crippen MR) is 72.8 cm³/mol. The van der Waals surface area contributed by atoms with E-state index in [0.717, 1.165) is 5.56 Å². The summed E-state index contributed by atoms with van der Waals surface area (Å²) in [4.78, 5) is 13.8. The molecule has 0 saturated carbocycles. The molecule has 1 aliphatic heterocycles. The van der Waals surface area contributed by atoms with Gasteiger partial charge in [0.25, 0.3) is 0 Å². The Hall–Kier alpha value is -1.39. The van der Waals surface area contributed by atoms with Crippen molar-refractivity contribution in [3.63, 3.8) is 0 Å². The van der Waals surface area contributed by atoms with Gasteiger partial charge in [0.1, 0.15) is 12.7 Å². The minimum atomic E-state index is -0.0297. The van der Waals surface area contributed by atoms with Gasteiger partial charge in [-0.25, -0.2) is 0 Å². The Kier molecular flexibility index (Phi) is 4.93. The van der Waals surface area contributed by atoms with E-state index in [1.54, 1.807) is 0 Å². The lowest BCUT2D eigenvalue weighted by Gasteiger charge is -2.33. The monoisotopic (exact) mass is 263 g/mol. The fourth-order valence-corrected chi connectivity index (χ4v) is 2.07. The van der Waals surface area contributed by atoms with Crippen molar-refractivity contribution < 1.29 is 14.3 Å². The van der Waals surface area contributed by atoms with Crippen LogP contribution in [-0.2, 0) is 14.3 Å². The minimum absolute atomic E-state index is 0.0297. The summed E-state index contributed by atoms with van der Waals surface area (Å²) in [6.07, 6.45) is 0.0489. The first-order valence-corrected chi connectivity index (χ1v) is 6.72. The second kappa shape index (κ2) is 6.68. The van der Waals surface area contributed by atoms with Gasteiger partial charge in [-0.1, -0.05) is 30.3 Å². The van der Waals surface area contributed by atoms with Crippen LogP contribution in [-0.4, -0.2) is 43.2 Å². The molecule has 4 heteroatoms. The normalized spacial score (nSPS) is 19.7. The Bertz CT molecular complexity index is 405. The van der Waals surface area contributed by atoms with Crippen LogP contribution in [0.25, 0.3) is 0 Å². The van der Waals surface area contributed by atoms with E-state index in [1.165, 1.54) is 0 Å². The fourth-order valence-electron chi connectivity index (χ4n) is 2.07. The Morgan fingerprint density at radius 3 is 2.84 bits per heavy atom. The molecule has 1 amide bonds. The molecule has 1 unspecified atom stereocenters. The van der Waals surface area contributed by atoms with Crippen molar-refractivity contribution in [2.45, 2.75) is 26.1 Å². The lowest BCUT2D eigenvalue weighted by Crippen LogP contribution is -2.44. The lowest BCUT2D eigenvalue weighted by atomic mass is 10.1. The number of amides is 1. The van der Waals surface area contributed by atoms with Crippen LogP contribution in [0.4, 0.5) is 0 Å². The van der Waals surface area contributed by atoms with Crippen molar-refractivity contribution in [1.29, 1.82) is 0 Å². The smallest absolute Gasteiger partial charge is 0.248 e. The summed E-state index contributed by atoms with van der Waals surface area (Å²) in [6.45, 7) is 5.83. The van der Waals surface area contributed by atoms with Gasteiger partial charge in [-0.2, -0.15) is 0 Å². The third-order valence-corrected chi connectivity index (χ3v) is 3.13. The molecule has 2 rings (SSSR count). The molecule has 104 valence electrons. The van der Waals surface area contributed by atoms with E-state index >= 15 is 0 Å². The van der Waals surface area contributed by atoms with Gasteiger partial charge in [0.2, 0.25) is 5.91 Å². The molecule has 1 aromatic rings. The van der Waals surface area contributed by atoms with Crippen LogP contribution in [0.2, 0.25) is 0 Å².